The van der Waals surface area contributed by atoms with Crippen molar-refractivity contribution in [1.82, 2.24) is 24.9 Å². The second kappa shape index (κ2) is 6.32. The van der Waals surface area contributed by atoms with Crippen molar-refractivity contribution in [3.05, 3.63) is 40.3 Å². The zero-order chi connectivity index (χ0) is 16.5. The number of fused-ring (bicyclic) bond motifs is 1. The third kappa shape index (κ3) is 2.58. The maximum Gasteiger partial charge on any atom is 0.254 e. The van der Waals surface area contributed by atoms with Gasteiger partial charge in [-0.05, 0) is 44.4 Å². The summed E-state index contributed by atoms with van der Waals surface area (Å²) in [7, 11) is 0. The topological polar surface area (TPSA) is 63.9 Å². The molecule has 1 atom stereocenters. The zero-order valence-electron chi connectivity index (χ0n) is 13.6. The molecule has 1 saturated heterocycles. The van der Waals surface area contributed by atoms with E-state index in [2.05, 4.69) is 15.3 Å². The number of benzene rings is 1. The van der Waals surface area contributed by atoms with Crippen LogP contribution >= 0.6 is 11.3 Å². The molecular formula is C17H19N5OS. The van der Waals surface area contributed by atoms with Gasteiger partial charge in [-0.2, -0.15) is 0 Å². The standard InChI is InChI=1S/C17H19N5OS/c1-2-22-14-7-6-12(11-13(14)19-20-22)17(23)21-9-4-3-5-15(21)16-18-8-10-24-16/h6-8,10-11,15H,2-5,9H2,1H3. The largest absolute Gasteiger partial charge is 0.329 e. The summed E-state index contributed by atoms with van der Waals surface area (Å²) in [5, 5.41) is 11.3. The minimum absolute atomic E-state index is 0.0582. The molecule has 0 N–H and O–H groups in total. The summed E-state index contributed by atoms with van der Waals surface area (Å²) in [6.07, 6.45) is 4.97. The highest BCUT2D eigenvalue weighted by Gasteiger charge is 2.30. The van der Waals surface area contributed by atoms with Crippen LogP contribution in [0, 0.1) is 0 Å². The van der Waals surface area contributed by atoms with Crippen LogP contribution in [0.2, 0.25) is 0 Å². The Morgan fingerprint density at radius 3 is 3.08 bits per heavy atom. The van der Waals surface area contributed by atoms with Gasteiger partial charge in [0.25, 0.3) is 5.91 Å². The van der Waals surface area contributed by atoms with E-state index in [1.54, 1.807) is 11.3 Å². The zero-order valence-corrected chi connectivity index (χ0v) is 14.4. The molecule has 1 aliphatic heterocycles. The summed E-state index contributed by atoms with van der Waals surface area (Å²) in [5.41, 5.74) is 2.41. The van der Waals surface area contributed by atoms with Crippen molar-refractivity contribution >= 4 is 28.3 Å². The van der Waals surface area contributed by atoms with Gasteiger partial charge in [-0.25, -0.2) is 9.67 Å². The number of hydrogen-bond acceptors (Lipinski definition) is 5. The Bertz CT molecular complexity index is 857. The Kier molecular flexibility index (Phi) is 4.02. The lowest BCUT2D eigenvalue weighted by Crippen LogP contribution is -2.38. The number of carbonyl (C=O) groups is 1. The molecule has 1 aliphatic rings. The first-order valence-corrected chi connectivity index (χ1v) is 9.19. The Morgan fingerprint density at radius 2 is 2.29 bits per heavy atom. The van der Waals surface area contributed by atoms with Gasteiger partial charge in [0.1, 0.15) is 10.5 Å². The molecule has 1 amide bonds. The maximum absolute atomic E-state index is 13.1. The van der Waals surface area contributed by atoms with E-state index in [-0.39, 0.29) is 11.9 Å². The molecule has 2 aromatic heterocycles. The van der Waals surface area contributed by atoms with Gasteiger partial charge in [-0.15, -0.1) is 16.4 Å². The molecule has 1 aromatic carbocycles. The molecule has 0 saturated carbocycles. The van der Waals surface area contributed by atoms with Gasteiger partial charge in [0.05, 0.1) is 11.6 Å². The average Bonchev–Trinajstić information content (AvgIpc) is 3.30. The monoisotopic (exact) mass is 341 g/mol. The van der Waals surface area contributed by atoms with Crippen LogP contribution in [0.1, 0.15) is 47.6 Å². The number of thiazole rings is 1. The highest BCUT2D eigenvalue weighted by molar-refractivity contribution is 7.09. The van der Waals surface area contributed by atoms with Gasteiger partial charge in [-0.3, -0.25) is 4.79 Å². The van der Waals surface area contributed by atoms with Crippen LogP contribution in [0.25, 0.3) is 11.0 Å². The smallest absolute Gasteiger partial charge is 0.254 e. The quantitative estimate of drug-likeness (QED) is 0.733. The summed E-state index contributed by atoms with van der Waals surface area (Å²) in [6, 6.07) is 5.76. The Morgan fingerprint density at radius 1 is 1.38 bits per heavy atom. The van der Waals surface area contributed by atoms with Gasteiger partial charge >= 0.3 is 0 Å². The van der Waals surface area contributed by atoms with E-state index in [0.717, 1.165) is 48.4 Å². The van der Waals surface area contributed by atoms with Crippen LogP contribution in [0.5, 0.6) is 0 Å². The van der Waals surface area contributed by atoms with Crippen molar-refractivity contribution in [2.75, 3.05) is 6.54 Å². The average molecular weight is 341 g/mol. The predicted molar refractivity (Wildman–Crippen MR) is 92.9 cm³/mol. The fraction of sp³-hybridized carbons (Fsp3) is 0.412. The third-order valence-corrected chi connectivity index (χ3v) is 5.44. The van der Waals surface area contributed by atoms with Gasteiger partial charge in [0, 0.05) is 30.2 Å². The summed E-state index contributed by atoms with van der Waals surface area (Å²) >= 11 is 1.62. The Balaban J connectivity index is 1.66. The van der Waals surface area contributed by atoms with Crippen LogP contribution in [0.4, 0.5) is 0 Å². The second-order valence-corrected chi connectivity index (χ2v) is 6.92. The van der Waals surface area contributed by atoms with Crippen molar-refractivity contribution in [2.45, 2.75) is 38.8 Å². The first-order valence-electron chi connectivity index (χ1n) is 8.31. The molecule has 0 spiro atoms. The molecule has 6 nitrogen and oxygen atoms in total. The van der Waals surface area contributed by atoms with Crippen LogP contribution in [-0.4, -0.2) is 37.3 Å². The van der Waals surface area contributed by atoms with E-state index in [1.165, 1.54) is 0 Å². The van der Waals surface area contributed by atoms with Crippen LogP contribution < -0.4 is 0 Å². The molecule has 3 heterocycles. The minimum Gasteiger partial charge on any atom is -0.329 e. The number of rotatable bonds is 3. The van der Waals surface area contributed by atoms with E-state index in [0.29, 0.717) is 5.56 Å². The number of nitrogens with zero attached hydrogens (tertiary/aromatic N) is 5. The van der Waals surface area contributed by atoms with E-state index in [4.69, 9.17) is 0 Å². The highest BCUT2D eigenvalue weighted by Crippen LogP contribution is 2.33. The summed E-state index contributed by atoms with van der Waals surface area (Å²) < 4.78 is 1.84. The van der Waals surface area contributed by atoms with Crippen LogP contribution in [-0.2, 0) is 6.54 Å². The number of likely N-dealkylation sites (tertiary alicyclic amines) is 1. The number of carbonyl (C=O) groups excluding carboxylic acids is 1. The first kappa shape index (κ1) is 15.3. The summed E-state index contributed by atoms with van der Waals surface area (Å²) in [4.78, 5) is 19.5. The first-order chi connectivity index (χ1) is 11.8. The molecule has 7 heteroatoms. The Hall–Kier alpha value is -2.28. The van der Waals surface area contributed by atoms with E-state index in [9.17, 15) is 4.79 Å². The van der Waals surface area contributed by atoms with Crippen molar-refractivity contribution < 1.29 is 4.79 Å². The van der Waals surface area contributed by atoms with E-state index >= 15 is 0 Å². The van der Waals surface area contributed by atoms with Gasteiger partial charge in [0.2, 0.25) is 0 Å². The fourth-order valence-electron chi connectivity index (χ4n) is 3.34. The molecule has 124 valence electrons. The Labute approximate surface area is 144 Å². The van der Waals surface area contributed by atoms with Crippen molar-refractivity contribution in [3.8, 4) is 0 Å². The maximum atomic E-state index is 13.1. The highest BCUT2D eigenvalue weighted by atomic mass is 32.1. The van der Waals surface area contributed by atoms with E-state index in [1.807, 2.05) is 46.3 Å². The minimum atomic E-state index is 0.0582. The molecule has 0 radical (unpaired) electrons. The second-order valence-electron chi connectivity index (χ2n) is 5.99. The molecule has 24 heavy (non-hydrogen) atoms. The van der Waals surface area contributed by atoms with Gasteiger partial charge < -0.3 is 4.90 Å². The molecule has 1 unspecified atom stereocenters. The number of piperidine rings is 1. The molecular weight excluding hydrogens is 322 g/mol. The van der Waals surface area contributed by atoms with E-state index < -0.39 is 0 Å². The SMILES string of the molecule is CCn1nnc2cc(C(=O)N3CCCCC3c3nccs3)ccc21. The lowest BCUT2D eigenvalue weighted by molar-refractivity contribution is 0.0611. The van der Waals surface area contributed by atoms with Crippen molar-refractivity contribution in [3.63, 3.8) is 0 Å². The lowest BCUT2D eigenvalue weighted by Gasteiger charge is -2.34. The third-order valence-electron chi connectivity index (χ3n) is 4.56. The fourth-order valence-corrected chi connectivity index (χ4v) is 4.12. The normalized spacial score (nSPS) is 18.2. The summed E-state index contributed by atoms with van der Waals surface area (Å²) in [5.74, 6) is 0.0582. The number of aryl methyl sites for hydroxylation is 1. The molecule has 3 aromatic rings. The molecule has 1 fully saturated rings. The van der Waals surface area contributed by atoms with Gasteiger partial charge in [0.15, 0.2) is 0 Å². The summed E-state index contributed by atoms with van der Waals surface area (Å²) in [6.45, 7) is 3.57. The molecule has 0 aliphatic carbocycles. The lowest BCUT2D eigenvalue weighted by atomic mass is 10.0. The van der Waals surface area contributed by atoms with Gasteiger partial charge in [-0.1, -0.05) is 5.21 Å². The number of amides is 1. The predicted octanol–water partition coefficient (Wildman–Crippen LogP) is 3.28. The number of aromatic nitrogens is 4. The van der Waals surface area contributed by atoms with Crippen LogP contribution in [0.3, 0.4) is 0 Å². The molecule has 4 rings (SSSR count). The number of hydrogen-bond donors (Lipinski definition) is 0. The molecule has 0 bridgehead atoms. The van der Waals surface area contributed by atoms with Crippen molar-refractivity contribution in [1.29, 1.82) is 0 Å². The van der Waals surface area contributed by atoms with Crippen molar-refractivity contribution in [2.24, 2.45) is 0 Å². The van der Waals surface area contributed by atoms with Crippen LogP contribution in [0.15, 0.2) is 29.8 Å².